The van der Waals surface area contributed by atoms with Crippen LogP contribution >= 0.6 is 0 Å². The van der Waals surface area contributed by atoms with E-state index in [9.17, 15) is 4.79 Å². The maximum Gasteiger partial charge on any atom is 0.320 e. The van der Waals surface area contributed by atoms with Crippen LogP contribution in [-0.2, 0) is 4.74 Å². The largest absolute Gasteiger partial charge is 0.372 e. The number of urea groups is 1. The van der Waals surface area contributed by atoms with Crippen molar-refractivity contribution >= 4 is 6.03 Å². The molecule has 1 saturated carbocycles. The van der Waals surface area contributed by atoms with Gasteiger partial charge in [-0.05, 0) is 45.3 Å². The minimum Gasteiger partial charge on any atom is -0.372 e. The molecule has 2 bridgehead atoms. The normalized spacial score (nSPS) is 54.5. The average Bonchev–Trinajstić information content (AvgIpc) is 3.14. The fraction of sp³-hybridized carbons (Fsp3) is 0.950. The number of carbonyl (C=O) groups is 1. The minimum absolute atomic E-state index is 0.0608. The van der Waals surface area contributed by atoms with Gasteiger partial charge in [0.05, 0.1) is 18.2 Å². The number of hydrogen-bond donors (Lipinski definition) is 4. The van der Waals surface area contributed by atoms with Crippen molar-refractivity contribution in [2.45, 2.75) is 81.1 Å². The topological polar surface area (TPSA) is 80.9 Å². The first-order valence-electron chi connectivity index (χ1n) is 11.3. The SMILES string of the molecule is C[C@@H]1C2CN(C)C3CCNC4CC(F)C(NC43)N3C(=O)NC4NCCC(OC21)C43. The second-order valence-electron chi connectivity index (χ2n) is 9.98. The van der Waals surface area contributed by atoms with E-state index >= 15 is 4.39 Å². The van der Waals surface area contributed by atoms with E-state index in [2.05, 4.69) is 40.1 Å². The molecule has 5 saturated heterocycles. The van der Waals surface area contributed by atoms with Gasteiger partial charge in [-0.1, -0.05) is 6.92 Å². The molecule has 4 N–H and O–H groups in total. The number of nitrogens with one attached hydrogen (secondary N) is 4. The molecule has 6 aliphatic rings. The van der Waals surface area contributed by atoms with Crippen LogP contribution in [0.15, 0.2) is 0 Å². The van der Waals surface area contributed by atoms with Crippen LogP contribution in [0.2, 0.25) is 0 Å². The summed E-state index contributed by atoms with van der Waals surface area (Å²) in [5, 5.41) is 13.6. The predicted octanol–water partition coefficient (Wildman–Crippen LogP) is -0.579. The highest BCUT2D eigenvalue weighted by atomic mass is 19.1. The van der Waals surface area contributed by atoms with Gasteiger partial charge in [0.2, 0.25) is 0 Å². The average molecular weight is 409 g/mol. The summed E-state index contributed by atoms with van der Waals surface area (Å²) in [5.41, 5.74) is 0. The highest BCUT2D eigenvalue weighted by Crippen LogP contribution is 2.45. The lowest BCUT2D eigenvalue weighted by atomic mass is 9.84. The molecule has 2 amide bonds. The molecule has 9 heteroatoms. The number of fused-ring (bicyclic) bond motifs is 3. The van der Waals surface area contributed by atoms with E-state index in [1.54, 1.807) is 4.90 Å². The van der Waals surface area contributed by atoms with Crippen molar-refractivity contribution in [3.8, 4) is 0 Å². The highest BCUT2D eigenvalue weighted by molar-refractivity contribution is 5.78. The molecule has 5 aliphatic heterocycles. The maximum absolute atomic E-state index is 15.4. The summed E-state index contributed by atoms with van der Waals surface area (Å²) in [6.45, 7) is 5.01. The summed E-state index contributed by atoms with van der Waals surface area (Å²) in [7, 11) is 2.20. The molecule has 5 heterocycles. The van der Waals surface area contributed by atoms with Crippen molar-refractivity contribution in [1.29, 1.82) is 0 Å². The van der Waals surface area contributed by atoms with Crippen molar-refractivity contribution < 1.29 is 13.9 Å². The third-order valence-corrected chi connectivity index (χ3v) is 8.40. The van der Waals surface area contributed by atoms with Crippen LogP contribution in [0.5, 0.6) is 0 Å². The lowest BCUT2D eigenvalue weighted by Gasteiger charge is -2.52. The van der Waals surface area contributed by atoms with Crippen molar-refractivity contribution in [3.63, 3.8) is 0 Å². The zero-order chi connectivity index (χ0) is 19.9. The first-order chi connectivity index (χ1) is 14.0. The van der Waals surface area contributed by atoms with Gasteiger partial charge in [-0.25, -0.2) is 9.18 Å². The quantitative estimate of drug-likeness (QED) is 0.430. The van der Waals surface area contributed by atoms with Gasteiger partial charge in [-0.3, -0.25) is 15.5 Å². The van der Waals surface area contributed by atoms with Crippen LogP contribution in [0.4, 0.5) is 9.18 Å². The molecule has 6 fully saturated rings. The number of likely N-dealkylation sites (N-methyl/N-ethyl adjacent to an activating group) is 1. The van der Waals surface area contributed by atoms with Crippen molar-refractivity contribution in [2.24, 2.45) is 11.8 Å². The van der Waals surface area contributed by atoms with Crippen LogP contribution in [0.3, 0.4) is 0 Å². The van der Waals surface area contributed by atoms with E-state index in [0.29, 0.717) is 24.3 Å². The minimum atomic E-state index is -1.10. The van der Waals surface area contributed by atoms with Crippen molar-refractivity contribution in [1.82, 2.24) is 31.1 Å². The van der Waals surface area contributed by atoms with E-state index in [1.165, 1.54) is 0 Å². The molecular formula is C20H33FN6O2. The first-order valence-corrected chi connectivity index (χ1v) is 11.3. The molecule has 10 unspecified atom stereocenters. The Morgan fingerprint density at radius 3 is 2.90 bits per heavy atom. The summed E-state index contributed by atoms with van der Waals surface area (Å²) >= 11 is 0. The Bertz CT molecular complexity index is 683. The summed E-state index contributed by atoms with van der Waals surface area (Å²) in [6, 6.07) is 0.221. The smallest absolute Gasteiger partial charge is 0.320 e. The van der Waals surface area contributed by atoms with Crippen LogP contribution < -0.4 is 21.3 Å². The molecule has 0 spiro atoms. The number of halogens is 1. The number of alkyl halides is 1. The maximum atomic E-state index is 15.4. The number of nitrogens with zero attached hydrogens (tertiary/aromatic N) is 2. The van der Waals surface area contributed by atoms with Crippen molar-refractivity contribution in [2.75, 3.05) is 26.7 Å². The fourth-order valence-corrected chi connectivity index (χ4v) is 6.71. The van der Waals surface area contributed by atoms with E-state index < -0.39 is 12.3 Å². The number of rotatable bonds is 0. The van der Waals surface area contributed by atoms with Gasteiger partial charge in [-0.15, -0.1) is 0 Å². The summed E-state index contributed by atoms with van der Waals surface area (Å²) < 4.78 is 22.0. The van der Waals surface area contributed by atoms with Gasteiger partial charge < -0.3 is 20.3 Å². The molecule has 0 radical (unpaired) electrons. The number of hydrogen-bond acceptors (Lipinski definition) is 6. The fourth-order valence-electron chi connectivity index (χ4n) is 6.71. The second-order valence-corrected chi connectivity index (χ2v) is 9.98. The van der Waals surface area contributed by atoms with Crippen LogP contribution in [-0.4, -0.2) is 97.4 Å². The number of amides is 2. The number of carbonyl (C=O) groups excluding carboxylic acids is 1. The van der Waals surface area contributed by atoms with E-state index in [-0.39, 0.29) is 42.5 Å². The van der Waals surface area contributed by atoms with Crippen LogP contribution in [0.25, 0.3) is 0 Å². The van der Waals surface area contributed by atoms with E-state index in [4.69, 9.17) is 4.74 Å². The number of piperidine rings is 3. The second kappa shape index (κ2) is 6.75. The van der Waals surface area contributed by atoms with Crippen LogP contribution in [0.1, 0.15) is 26.2 Å². The zero-order valence-corrected chi connectivity index (χ0v) is 17.2. The molecule has 29 heavy (non-hydrogen) atoms. The zero-order valence-electron chi connectivity index (χ0n) is 17.2. The Kier molecular flexibility index (Phi) is 4.36. The third-order valence-electron chi connectivity index (χ3n) is 8.40. The number of ether oxygens (including phenoxy) is 1. The summed E-state index contributed by atoms with van der Waals surface area (Å²) in [4.78, 5) is 17.2. The Morgan fingerprint density at radius 2 is 2.03 bits per heavy atom. The lowest BCUT2D eigenvalue weighted by molar-refractivity contribution is -0.0736. The first kappa shape index (κ1) is 18.7. The molecule has 8 nitrogen and oxygen atoms in total. The van der Waals surface area contributed by atoms with Gasteiger partial charge in [-0.2, -0.15) is 0 Å². The molecule has 6 rings (SSSR count). The van der Waals surface area contributed by atoms with Crippen LogP contribution in [0, 0.1) is 11.8 Å². The lowest BCUT2D eigenvalue weighted by Crippen LogP contribution is -2.74. The molecule has 0 aromatic carbocycles. The molecule has 0 aromatic heterocycles. The Hall–Kier alpha value is -1.00. The summed E-state index contributed by atoms with van der Waals surface area (Å²) in [5.74, 6) is 1.07. The monoisotopic (exact) mass is 408 g/mol. The van der Waals surface area contributed by atoms with Gasteiger partial charge in [0.25, 0.3) is 0 Å². The molecule has 162 valence electrons. The highest BCUT2D eigenvalue weighted by Gasteiger charge is 2.58. The standard InChI is InChI=1S/C20H33FN6O2/c1-9-10-8-26(2)13-3-5-22-12-7-11(21)19(24-15(12)13)27-16-14(29-17(9)10)4-6-23-18(16)25-20(27)28/h9-19,22-24H,3-8H2,1-2H3,(H,25,28)/t9-,10?,11?,12?,13?,14?,15?,16?,17?,18?,19?/m1/s1. The van der Waals surface area contributed by atoms with Gasteiger partial charge in [0, 0.05) is 30.6 Å². The molecule has 0 aromatic rings. The third kappa shape index (κ3) is 2.85. The van der Waals surface area contributed by atoms with Gasteiger partial charge in [0.15, 0.2) is 0 Å². The predicted molar refractivity (Wildman–Crippen MR) is 105 cm³/mol. The van der Waals surface area contributed by atoms with Gasteiger partial charge >= 0.3 is 6.03 Å². The van der Waals surface area contributed by atoms with E-state index in [0.717, 1.165) is 32.5 Å². The van der Waals surface area contributed by atoms with E-state index in [1.807, 2.05) is 0 Å². The summed E-state index contributed by atoms with van der Waals surface area (Å²) in [6.07, 6.45) is 0.609. The molecule has 1 aliphatic carbocycles. The molecule has 11 atom stereocenters. The molecular weight excluding hydrogens is 375 g/mol. The van der Waals surface area contributed by atoms with Crippen molar-refractivity contribution in [3.05, 3.63) is 0 Å². The van der Waals surface area contributed by atoms with Gasteiger partial charge in [0.1, 0.15) is 18.5 Å². The Labute approximate surface area is 171 Å². The Morgan fingerprint density at radius 1 is 1.21 bits per heavy atom. The Balaban J connectivity index is 1.38.